The van der Waals surface area contributed by atoms with E-state index in [0.29, 0.717) is 5.56 Å². The van der Waals surface area contributed by atoms with E-state index in [2.05, 4.69) is 5.32 Å². The summed E-state index contributed by atoms with van der Waals surface area (Å²) in [7, 11) is 0. The van der Waals surface area contributed by atoms with Gasteiger partial charge in [-0.2, -0.15) is 0 Å². The predicted molar refractivity (Wildman–Crippen MR) is 126 cm³/mol. The number of hydrogen-bond donors (Lipinski definition) is 2. The van der Waals surface area contributed by atoms with Gasteiger partial charge in [-0.1, -0.05) is 19.9 Å². The molecule has 0 aliphatic rings. The second kappa shape index (κ2) is 15.5. The Morgan fingerprint density at radius 2 is 1.44 bits per heavy atom. The maximum absolute atomic E-state index is 11.9. The highest BCUT2D eigenvalue weighted by molar-refractivity contribution is 5.74. The van der Waals surface area contributed by atoms with E-state index in [1.807, 2.05) is 13.8 Å². The molecule has 2 N–H and O–H groups in total. The molecule has 0 saturated heterocycles. The molecule has 202 valence electrons. The normalized spacial score (nSPS) is 13.2. The second-order valence-electron chi connectivity index (χ2n) is 8.10. The average molecular weight is 514 g/mol. The van der Waals surface area contributed by atoms with Crippen molar-refractivity contribution in [2.24, 2.45) is 5.92 Å². The Bertz CT molecular complexity index is 887. The molecule has 0 heterocycles. The molecular formula is C24H35NO11. The van der Waals surface area contributed by atoms with Crippen LogP contribution in [0.25, 0.3) is 0 Å². The molecule has 36 heavy (non-hydrogen) atoms. The smallest absolute Gasteiger partial charge is 0.480 e. The van der Waals surface area contributed by atoms with Gasteiger partial charge < -0.3 is 38.8 Å². The van der Waals surface area contributed by atoms with Crippen molar-refractivity contribution in [3.05, 3.63) is 23.8 Å². The van der Waals surface area contributed by atoms with Crippen LogP contribution < -0.4 is 14.8 Å². The largest absolute Gasteiger partial charge is 0.513 e. The van der Waals surface area contributed by atoms with Crippen LogP contribution in [0.5, 0.6) is 11.5 Å². The molecule has 0 fully saturated rings. The molecule has 1 aromatic carbocycles. The summed E-state index contributed by atoms with van der Waals surface area (Å²) >= 11 is 0. The standard InChI is InChI=1S/C24H35NO11/c1-7-31-22(28)35-19-10-9-17(12-20(19)36-23(29)32-8-2)11-18(21(26)27)25-13-15(5)33-24(30)34-16(6)14(3)4/h9-10,12,14-16,18,25H,7-8,11,13H2,1-6H3,(H,26,27)/t15?,16?,18-/m0/s1. The van der Waals surface area contributed by atoms with Crippen molar-refractivity contribution < 1.29 is 52.7 Å². The van der Waals surface area contributed by atoms with Gasteiger partial charge in [0.1, 0.15) is 18.2 Å². The molecule has 0 radical (unpaired) electrons. The number of ether oxygens (including phenoxy) is 6. The number of benzene rings is 1. The summed E-state index contributed by atoms with van der Waals surface area (Å²) in [5.74, 6) is -1.30. The first kappa shape index (κ1) is 30.5. The highest BCUT2D eigenvalue weighted by Crippen LogP contribution is 2.30. The van der Waals surface area contributed by atoms with E-state index in [1.54, 1.807) is 27.7 Å². The molecule has 12 nitrogen and oxygen atoms in total. The first-order valence-corrected chi connectivity index (χ1v) is 11.6. The van der Waals surface area contributed by atoms with Crippen molar-refractivity contribution in [2.75, 3.05) is 19.8 Å². The van der Waals surface area contributed by atoms with Crippen LogP contribution in [-0.2, 0) is 30.2 Å². The van der Waals surface area contributed by atoms with Crippen molar-refractivity contribution in [3.8, 4) is 11.5 Å². The summed E-state index contributed by atoms with van der Waals surface area (Å²) in [5, 5.41) is 12.5. The van der Waals surface area contributed by atoms with Crippen LogP contribution in [-0.4, -0.2) is 67.6 Å². The summed E-state index contributed by atoms with van der Waals surface area (Å²) in [5.41, 5.74) is 0.448. The third kappa shape index (κ3) is 11.3. The summed E-state index contributed by atoms with van der Waals surface area (Å²) < 4.78 is 29.9. The van der Waals surface area contributed by atoms with Crippen molar-refractivity contribution in [1.29, 1.82) is 0 Å². The van der Waals surface area contributed by atoms with E-state index in [1.165, 1.54) is 18.2 Å². The lowest BCUT2D eigenvalue weighted by Crippen LogP contribution is -2.43. The molecular weight excluding hydrogens is 478 g/mol. The minimum atomic E-state index is -1.15. The van der Waals surface area contributed by atoms with E-state index < -0.39 is 36.6 Å². The Morgan fingerprint density at radius 1 is 0.861 bits per heavy atom. The van der Waals surface area contributed by atoms with Gasteiger partial charge in [-0.05, 0) is 57.7 Å². The van der Waals surface area contributed by atoms with Gasteiger partial charge in [-0.25, -0.2) is 14.4 Å². The number of carboxylic acid groups (broad SMARTS) is 1. The third-order valence-corrected chi connectivity index (χ3v) is 4.83. The molecule has 1 rings (SSSR count). The Morgan fingerprint density at radius 3 is 1.97 bits per heavy atom. The molecule has 0 bridgehead atoms. The summed E-state index contributed by atoms with van der Waals surface area (Å²) in [6, 6.07) is 3.13. The number of carbonyl (C=O) groups is 4. The zero-order chi connectivity index (χ0) is 27.3. The van der Waals surface area contributed by atoms with Crippen molar-refractivity contribution in [2.45, 2.75) is 66.2 Å². The first-order chi connectivity index (χ1) is 17.0. The molecule has 0 saturated carbocycles. The van der Waals surface area contributed by atoms with Gasteiger partial charge in [-0.3, -0.25) is 4.79 Å². The Kier molecular flexibility index (Phi) is 13.1. The van der Waals surface area contributed by atoms with E-state index in [4.69, 9.17) is 28.4 Å². The predicted octanol–water partition coefficient (Wildman–Crippen LogP) is 3.93. The Balaban J connectivity index is 2.89. The molecule has 3 atom stereocenters. The summed E-state index contributed by atoms with van der Waals surface area (Å²) in [6.45, 7) is 10.5. The fraction of sp³-hybridized carbons (Fsp3) is 0.583. The molecule has 0 aromatic heterocycles. The molecule has 12 heteroatoms. The highest BCUT2D eigenvalue weighted by Gasteiger charge is 2.23. The number of carbonyl (C=O) groups excluding carboxylic acids is 3. The van der Waals surface area contributed by atoms with Gasteiger partial charge in [0, 0.05) is 6.54 Å². The lowest BCUT2D eigenvalue weighted by Gasteiger charge is -2.21. The first-order valence-electron chi connectivity index (χ1n) is 11.6. The average Bonchev–Trinajstić information content (AvgIpc) is 2.78. The lowest BCUT2D eigenvalue weighted by atomic mass is 10.0. The topological polar surface area (TPSA) is 156 Å². The molecule has 0 aliphatic heterocycles. The van der Waals surface area contributed by atoms with Crippen LogP contribution in [0, 0.1) is 5.92 Å². The van der Waals surface area contributed by atoms with Crippen LogP contribution in [0.4, 0.5) is 14.4 Å². The van der Waals surface area contributed by atoms with E-state index in [9.17, 15) is 24.3 Å². The van der Waals surface area contributed by atoms with Gasteiger partial charge in [-0.15, -0.1) is 0 Å². The monoisotopic (exact) mass is 513 g/mol. The Hall–Kier alpha value is -3.54. The molecule has 0 amide bonds. The highest BCUT2D eigenvalue weighted by atomic mass is 16.7. The van der Waals surface area contributed by atoms with Crippen LogP contribution in [0.1, 0.15) is 47.1 Å². The van der Waals surface area contributed by atoms with Crippen molar-refractivity contribution in [3.63, 3.8) is 0 Å². The number of carboxylic acids is 1. The van der Waals surface area contributed by atoms with Crippen LogP contribution in [0.2, 0.25) is 0 Å². The van der Waals surface area contributed by atoms with Gasteiger partial charge in [0.05, 0.1) is 13.2 Å². The maximum atomic E-state index is 11.9. The van der Waals surface area contributed by atoms with Gasteiger partial charge in [0.15, 0.2) is 11.5 Å². The van der Waals surface area contributed by atoms with Crippen LogP contribution in [0.15, 0.2) is 18.2 Å². The zero-order valence-corrected chi connectivity index (χ0v) is 21.4. The summed E-state index contributed by atoms with van der Waals surface area (Å²) in [4.78, 5) is 47.2. The Labute approximate surface area is 210 Å². The fourth-order valence-corrected chi connectivity index (χ4v) is 2.63. The van der Waals surface area contributed by atoms with E-state index in [-0.39, 0.29) is 49.7 Å². The van der Waals surface area contributed by atoms with E-state index >= 15 is 0 Å². The maximum Gasteiger partial charge on any atom is 0.513 e. The fourth-order valence-electron chi connectivity index (χ4n) is 2.63. The number of rotatable bonds is 13. The second-order valence-corrected chi connectivity index (χ2v) is 8.10. The minimum absolute atomic E-state index is 0.0320. The SMILES string of the molecule is CCOC(=O)Oc1ccc(C[C@H](NCC(C)OC(=O)OC(C)C(C)C)C(=O)O)cc1OC(=O)OCC. The molecule has 1 aromatic rings. The number of aliphatic carboxylic acids is 1. The zero-order valence-electron chi connectivity index (χ0n) is 21.4. The molecule has 0 spiro atoms. The molecule has 2 unspecified atom stereocenters. The quantitative estimate of drug-likeness (QED) is 0.223. The van der Waals surface area contributed by atoms with Gasteiger partial charge in [0.2, 0.25) is 0 Å². The van der Waals surface area contributed by atoms with Crippen molar-refractivity contribution in [1.82, 2.24) is 5.32 Å². The number of nitrogens with one attached hydrogen (secondary N) is 1. The summed E-state index contributed by atoms with van der Waals surface area (Å²) in [6.07, 6.45) is -3.89. The third-order valence-electron chi connectivity index (χ3n) is 4.83. The van der Waals surface area contributed by atoms with Crippen LogP contribution in [0.3, 0.4) is 0 Å². The molecule has 0 aliphatic carbocycles. The number of hydrogen-bond acceptors (Lipinski definition) is 11. The van der Waals surface area contributed by atoms with E-state index in [0.717, 1.165) is 0 Å². The van der Waals surface area contributed by atoms with Gasteiger partial charge in [0.25, 0.3) is 0 Å². The van der Waals surface area contributed by atoms with Crippen LogP contribution >= 0.6 is 0 Å². The van der Waals surface area contributed by atoms with Gasteiger partial charge >= 0.3 is 24.4 Å². The minimum Gasteiger partial charge on any atom is -0.480 e. The lowest BCUT2D eigenvalue weighted by molar-refractivity contribution is -0.139. The van der Waals surface area contributed by atoms with Crippen molar-refractivity contribution >= 4 is 24.4 Å².